The summed E-state index contributed by atoms with van der Waals surface area (Å²) in [6, 6.07) is 24.4. The number of hydrogen-bond acceptors (Lipinski definition) is 6. The van der Waals surface area contributed by atoms with Crippen LogP contribution >= 0.6 is 0 Å². The van der Waals surface area contributed by atoms with Crippen molar-refractivity contribution >= 4 is 11.7 Å². The molecule has 0 aliphatic carbocycles. The van der Waals surface area contributed by atoms with Gasteiger partial charge in [0.25, 0.3) is 0 Å². The van der Waals surface area contributed by atoms with Crippen molar-refractivity contribution in [2.45, 2.75) is 38.1 Å². The molecule has 0 saturated carbocycles. The number of aliphatic carboxylic acids is 1. The smallest absolute Gasteiger partial charge is 0.306 e. The third-order valence-electron chi connectivity index (χ3n) is 7.12. The molecule has 0 unspecified atom stereocenters. The summed E-state index contributed by atoms with van der Waals surface area (Å²) in [6.07, 6.45) is -0.123. The number of rotatable bonds is 10. The van der Waals surface area contributed by atoms with E-state index in [4.69, 9.17) is 14.6 Å². The first-order chi connectivity index (χ1) is 19.8. The topological polar surface area (TPSA) is 92.1 Å². The van der Waals surface area contributed by atoms with Crippen LogP contribution in [-0.2, 0) is 18.0 Å². The normalized spacial score (nSPS) is 14.5. The van der Waals surface area contributed by atoms with Gasteiger partial charge in [-0.3, -0.25) is 4.79 Å². The van der Waals surface area contributed by atoms with Crippen molar-refractivity contribution in [3.05, 3.63) is 108 Å². The van der Waals surface area contributed by atoms with E-state index in [0.717, 1.165) is 23.3 Å². The van der Waals surface area contributed by atoms with Gasteiger partial charge in [-0.25, -0.2) is 8.78 Å². The number of carboxylic acids is 1. The van der Waals surface area contributed by atoms with Gasteiger partial charge < -0.3 is 24.6 Å². The molecule has 7 nitrogen and oxygen atoms in total. The van der Waals surface area contributed by atoms with E-state index in [1.165, 1.54) is 0 Å². The van der Waals surface area contributed by atoms with Gasteiger partial charge in [-0.05, 0) is 36.1 Å². The zero-order valence-corrected chi connectivity index (χ0v) is 22.3. The molecule has 1 saturated heterocycles. The number of ether oxygens (including phenoxy) is 2. The van der Waals surface area contributed by atoms with Crippen molar-refractivity contribution in [3.8, 4) is 22.9 Å². The van der Waals surface area contributed by atoms with E-state index in [2.05, 4.69) is 4.98 Å². The Bertz CT molecular complexity index is 1490. The molecule has 1 fully saturated rings. The highest BCUT2D eigenvalue weighted by molar-refractivity contribution is 5.72. The second-order valence-electron chi connectivity index (χ2n) is 10.1. The Kier molecular flexibility index (Phi) is 8.45. The molecule has 0 radical (unpaired) electrons. The highest BCUT2D eigenvalue weighted by atomic mass is 19.1. The minimum Gasteiger partial charge on any atom is -0.481 e. The first-order valence-corrected chi connectivity index (χ1v) is 13.3. The van der Waals surface area contributed by atoms with Crippen molar-refractivity contribution < 1.29 is 33.3 Å². The van der Waals surface area contributed by atoms with Crippen LogP contribution in [-0.4, -0.2) is 39.9 Å². The Morgan fingerprint density at radius 3 is 2.05 bits per heavy atom. The number of aliphatic hydroxyl groups is 1. The fourth-order valence-corrected chi connectivity index (χ4v) is 4.88. The van der Waals surface area contributed by atoms with Crippen LogP contribution in [0.15, 0.2) is 84.9 Å². The number of carboxylic acid groups (broad SMARTS) is 1. The molecule has 212 valence electrons. The number of piperidine rings is 1. The van der Waals surface area contributed by atoms with Gasteiger partial charge in [-0.15, -0.1) is 0 Å². The molecule has 0 spiro atoms. The van der Waals surface area contributed by atoms with Crippen LogP contribution in [0.3, 0.4) is 0 Å². The number of benzene rings is 3. The fraction of sp³-hybridized carbons (Fsp3) is 0.250. The maximum absolute atomic E-state index is 15.6. The molecule has 0 amide bonds. The molecule has 2 N–H and O–H groups in total. The van der Waals surface area contributed by atoms with Crippen LogP contribution < -0.4 is 14.4 Å². The summed E-state index contributed by atoms with van der Waals surface area (Å²) in [4.78, 5) is 17.2. The molecular weight excluding hydrogens is 530 g/mol. The lowest BCUT2D eigenvalue weighted by Gasteiger charge is -2.38. The molecule has 5 rings (SSSR count). The minimum absolute atomic E-state index is 0.0178. The van der Waals surface area contributed by atoms with Gasteiger partial charge >= 0.3 is 5.97 Å². The summed E-state index contributed by atoms with van der Waals surface area (Å²) in [5.41, 5.74) is 0.768. The maximum atomic E-state index is 15.6. The molecule has 4 aromatic rings. The predicted octanol–water partition coefficient (Wildman–Crippen LogP) is 5.99. The van der Waals surface area contributed by atoms with Crippen LogP contribution in [0.4, 0.5) is 14.5 Å². The zero-order valence-electron chi connectivity index (χ0n) is 22.3. The van der Waals surface area contributed by atoms with Crippen LogP contribution in [0.5, 0.6) is 11.8 Å². The van der Waals surface area contributed by atoms with Gasteiger partial charge in [-0.2, -0.15) is 4.98 Å². The fourth-order valence-electron chi connectivity index (χ4n) is 4.88. The van der Waals surface area contributed by atoms with Crippen LogP contribution in [0.2, 0.25) is 0 Å². The van der Waals surface area contributed by atoms with E-state index >= 15 is 8.78 Å². The Morgan fingerprint density at radius 1 is 0.829 bits per heavy atom. The Morgan fingerprint density at radius 2 is 1.44 bits per heavy atom. The molecule has 9 heteroatoms. The Labute approximate surface area is 236 Å². The molecule has 0 bridgehead atoms. The first kappa shape index (κ1) is 28.0. The summed E-state index contributed by atoms with van der Waals surface area (Å²) in [6.45, 7) is 0.832. The number of aromatic nitrogens is 1. The molecule has 3 aromatic carbocycles. The molecule has 2 heterocycles. The molecule has 1 aliphatic heterocycles. The van der Waals surface area contributed by atoms with E-state index in [0.29, 0.717) is 0 Å². The predicted molar refractivity (Wildman–Crippen MR) is 150 cm³/mol. The standard InChI is InChI=1S/C32H30F2N2O5/c33-26-18-28(36-15-13-32(39,14-16-36)19-30(37)38)27(34)17-25(26)24-11-12-29(40-20-22-7-3-1-4-8-22)35-31(24)41-21-23-9-5-2-6-10-23/h1-12,17-18,39H,13-16,19-21H2,(H,37,38). The average molecular weight is 561 g/mol. The van der Waals surface area contributed by atoms with Crippen LogP contribution in [0.25, 0.3) is 11.1 Å². The first-order valence-electron chi connectivity index (χ1n) is 13.3. The number of carbonyl (C=O) groups is 1. The lowest BCUT2D eigenvalue weighted by molar-refractivity contribution is -0.143. The van der Waals surface area contributed by atoms with Gasteiger partial charge in [0.1, 0.15) is 24.8 Å². The SMILES string of the molecule is O=C(O)CC1(O)CCN(c2cc(F)c(-c3ccc(OCc4ccccc4)nc3OCc3ccccc3)cc2F)CC1. The number of anilines is 1. The van der Waals surface area contributed by atoms with Crippen molar-refractivity contribution in [1.82, 2.24) is 4.98 Å². The van der Waals surface area contributed by atoms with Crippen LogP contribution in [0, 0.1) is 11.6 Å². The highest BCUT2D eigenvalue weighted by Crippen LogP contribution is 2.37. The van der Waals surface area contributed by atoms with Crippen molar-refractivity contribution in [2.75, 3.05) is 18.0 Å². The van der Waals surface area contributed by atoms with Crippen molar-refractivity contribution in [3.63, 3.8) is 0 Å². The lowest BCUT2D eigenvalue weighted by atomic mass is 9.88. The van der Waals surface area contributed by atoms with E-state index < -0.39 is 23.2 Å². The number of nitrogens with zero attached hydrogens (tertiary/aromatic N) is 2. The number of halogens is 2. The van der Waals surface area contributed by atoms with Gasteiger partial charge in [0.2, 0.25) is 11.8 Å². The summed E-state index contributed by atoms with van der Waals surface area (Å²) in [5.74, 6) is -2.04. The number of pyridine rings is 1. The maximum Gasteiger partial charge on any atom is 0.306 e. The van der Waals surface area contributed by atoms with Gasteiger partial charge in [0, 0.05) is 36.3 Å². The van der Waals surface area contributed by atoms with E-state index in [1.54, 1.807) is 17.0 Å². The van der Waals surface area contributed by atoms with Gasteiger partial charge in [0.15, 0.2) is 0 Å². The third kappa shape index (κ3) is 6.99. The molecular formula is C32H30F2N2O5. The van der Waals surface area contributed by atoms with E-state index in [-0.39, 0.29) is 74.1 Å². The van der Waals surface area contributed by atoms with Crippen molar-refractivity contribution in [2.24, 2.45) is 0 Å². The monoisotopic (exact) mass is 560 g/mol. The van der Waals surface area contributed by atoms with Crippen molar-refractivity contribution in [1.29, 1.82) is 0 Å². The molecule has 1 aromatic heterocycles. The van der Waals surface area contributed by atoms with Crippen LogP contribution in [0.1, 0.15) is 30.4 Å². The summed E-state index contributed by atoms with van der Waals surface area (Å²) in [7, 11) is 0. The Balaban J connectivity index is 1.40. The third-order valence-corrected chi connectivity index (χ3v) is 7.12. The van der Waals surface area contributed by atoms with E-state index in [1.807, 2.05) is 60.7 Å². The molecule has 41 heavy (non-hydrogen) atoms. The summed E-state index contributed by atoms with van der Waals surface area (Å²) < 4.78 is 42.8. The summed E-state index contributed by atoms with van der Waals surface area (Å²) >= 11 is 0. The largest absolute Gasteiger partial charge is 0.481 e. The highest BCUT2D eigenvalue weighted by Gasteiger charge is 2.35. The lowest BCUT2D eigenvalue weighted by Crippen LogP contribution is -2.45. The molecule has 0 atom stereocenters. The second-order valence-corrected chi connectivity index (χ2v) is 10.1. The summed E-state index contributed by atoms with van der Waals surface area (Å²) in [5, 5.41) is 19.6. The number of hydrogen-bond donors (Lipinski definition) is 2. The minimum atomic E-state index is -1.36. The van der Waals surface area contributed by atoms with E-state index in [9.17, 15) is 9.90 Å². The zero-order chi connectivity index (χ0) is 28.8. The quantitative estimate of drug-likeness (QED) is 0.246. The molecule has 1 aliphatic rings. The second kappa shape index (κ2) is 12.3. The average Bonchev–Trinajstić information content (AvgIpc) is 2.97. The van der Waals surface area contributed by atoms with Gasteiger partial charge in [0.05, 0.1) is 17.7 Å². The van der Waals surface area contributed by atoms with Gasteiger partial charge in [-0.1, -0.05) is 60.7 Å². The Hall–Kier alpha value is -4.50.